The minimum Gasteiger partial charge on any atom is -0.462 e. The van der Waals surface area contributed by atoms with E-state index in [1.807, 2.05) is 0 Å². The third kappa shape index (κ3) is 25.5. The molecule has 0 spiro atoms. The van der Waals surface area contributed by atoms with Gasteiger partial charge in [0.1, 0.15) is 43.2 Å². The Hall–Kier alpha value is -1.41. The van der Waals surface area contributed by atoms with Crippen LogP contribution in [0.1, 0.15) is 181 Å². The van der Waals surface area contributed by atoms with Gasteiger partial charge in [-0.15, -0.1) is 0 Å². The molecule has 1 aliphatic carbocycles. The summed E-state index contributed by atoms with van der Waals surface area (Å²) in [5, 5.41) is 50.0. The molecule has 14 heteroatoms. The number of carbonyl (C=O) groups is 2. The van der Waals surface area contributed by atoms with E-state index in [0.29, 0.717) is 12.8 Å². The summed E-state index contributed by atoms with van der Waals surface area (Å²) in [6, 6.07) is 0. The first-order chi connectivity index (χ1) is 26.4. The van der Waals surface area contributed by atoms with Crippen LogP contribution >= 0.6 is 7.82 Å². The molecule has 0 amide bonds. The van der Waals surface area contributed by atoms with Crippen molar-refractivity contribution in [1.29, 1.82) is 0 Å². The monoisotopic (exact) mass is 809 g/mol. The lowest BCUT2D eigenvalue weighted by molar-refractivity contribution is -0.220. The Balaban J connectivity index is 2.48. The van der Waals surface area contributed by atoms with Crippen molar-refractivity contribution in [2.24, 2.45) is 0 Å². The zero-order valence-electron chi connectivity index (χ0n) is 34.0. The number of esters is 2. The van der Waals surface area contributed by atoms with Gasteiger partial charge in [-0.3, -0.25) is 18.6 Å². The zero-order chi connectivity index (χ0) is 40.7. The molecule has 0 aliphatic heterocycles. The minimum absolute atomic E-state index is 0.101. The van der Waals surface area contributed by atoms with Gasteiger partial charge in [0.25, 0.3) is 0 Å². The molecule has 0 saturated heterocycles. The first-order valence-corrected chi connectivity index (χ1v) is 23.0. The molecule has 0 aromatic heterocycles. The third-order valence-corrected chi connectivity index (χ3v) is 11.1. The number of carbonyl (C=O) groups excluding carboxylic acids is 2. The topological polar surface area (TPSA) is 210 Å². The fourth-order valence-corrected chi connectivity index (χ4v) is 7.53. The van der Waals surface area contributed by atoms with Crippen molar-refractivity contribution in [3.63, 3.8) is 0 Å². The molecule has 0 heterocycles. The van der Waals surface area contributed by atoms with E-state index < -0.39 is 75.7 Å². The average Bonchev–Trinajstić information content (AvgIpc) is 3.16. The summed E-state index contributed by atoms with van der Waals surface area (Å²) in [7, 11) is -5.11. The minimum atomic E-state index is -5.11. The first-order valence-electron chi connectivity index (χ1n) is 21.5. The standard InChI is InChI=1S/C41H77O13P/c1-3-5-7-9-11-13-15-16-17-18-20-21-23-25-27-29-34(42)51-31-33(53-35(43)30-28-26-24-22-19-14-12-10-8-6-4-2)32-52-55(49,50)54-41-39(47)37(45)36(44)38(46)40(41)48/h9,11,33,36-41,44-48H,3-8,10,12-32H2,1-2H3,(H,49,50)/b11-9+/t33-,36?,37-,38?,39?,40?,41?/m1/s1. The molecule has 0 radical (unpaired) electrons. The van der Waals surface area contributed by atoms with Crippen LogP contribution in [-0.2, 0) is 32.7 Å². The zero-order valence-corrected chi connectivity index (χ0v) is 34.9. The Morgan fingerprint density at radius 3 is 1.44 bits per heavy atom. The van der Waals surface area contributed by atoms with E-state index >= 15 is 0 Å². The van der Waals surface area contributed by atoms with Gasteiger partial charge in [-0.05, 0) is 32.1 Å². The fraction of sp³-hybridized carbons (Fsp3) is 0.902. The summed E-state index contributed by atoms with van der Waals surface area (Å²) in [6.45, 7) is 3.25. The highest BCUT2D eigenvalue weighted by atomic mass is 31.2. The highest BCUT2D eigenvalue weighted by Crippen LogP contribution is 2.47. The van der Waals surface area contributed by atoms with E-state index in [9.17, 15) is 44.6 Å². The van der Waals surface area contributed by atoms with Gasteiger partial charge >= 0.3 is 19.8 Å². The maximum absolute atomic E-state index is 12.8. The van der Waals surface area contributed by atoms with Gasteiger partial charge in [0, 0.05) is 12.8 Å². The number of hydrogen-bond acceptors (Lipinski definition) is 12. The first kappa shape index (κ1) is 51.6. The smallest absolute Gasteiger partial charge is 0.462 e. The van der Waals surface area contributed by atoms with Gasteiger partial charge in [0.05, 0.1) is 6.61 Å². The van der Waals surface area contributed by atoms with E-state index in [4.69, 9.17) is 18.5 Å². The van der Waals surface area contributed by atoms with E-state index in [1.165, 1.54) is 89.9 Å². The molecule has 8 atom stereocenters. The molecule has 0 aromatic carbocycles. The fourth-order valence-electron chi connectivity index (χ4n) is 6.56. The van der Waals surface area contributed by atoms with Crippen LogP contribution in [0.2, 0.25) is 0 Å². The van der Waals surface area contributed by atoms with E-state index in [-0.39, 0.29) is 12.8 Å². The molecule has 6 N–H and O–H groups in total. The van der Waals surface area contributed by atoms with Crippen molar-refractivity contribution in [3.8, 4) is 0 Å². The van der Waals surface area contributed by atoms with E-state index in [2.05, 4.69) is 26.0 Å². The molecule has 1 aliphatic rings. The summed E-state index contributed by atoms with van der Waals surface area (Å²) in [4.78, 5) is 35.5. The molecule has 1 saturated carbocycles. The van der Waals surface area contributed by atoms with Crippen LogP contribution in [0.15, 0.2) is 12.2 Å². The summed E-state index contributed by atoms with van der Waals surface area (Å²) >= 11 is 0. The summed E-state index contributed by atoms with van der Waals surface area (Å²) in [5.74, 6) is -1.10. The normalized spacial score (nSPS) is 23.1. The van der Waals surface area contributed by atoms with Crippen molar-refractivity contribution >= 4 is 19.8 Å². The molecular formula is C41H77O13P. The molecule has 1 fully saturated rings. The second-order valence-electron chi connectivity index (χ2n) is 15.2. The second kappa shape index (κ2) is 32.5. The maximum Gasteiger partial charge on any atom is 0.472 e. The Kier molecular flexibility index (Phi) is 30.5. The average molecular weight is 809 g/mol. The van der Waals surface area contributed by atoms with Crippen molar-refractivity contribution in [1.82, 2.24) is 0 Å². The number of unbranched alkanes of at least 4 members (excludes halogenated alkanes) is 21. The molecule has 13 nitrogen and oxygen atoms in total. The van der Waals surface area contributed by atoms with Gasteiger partial charge in [-0.1, -0.05) is 148 Å². The van der Waals surface area contributed by atoms with Gasteiger partial charge in [0.2, 0.25) is 0 Å². The van der Waals surface area contributed by atoms with Gasteiger partial charge in [-0.2, -0.15) is 0 Å². The lowest BCUT2D eigenvalue weighted by Gasteiger charge is -2.41. The molecular weight excluding hydrogens is 731 g/mol. The van der Waals surface area contributed by atoms with Crippen LogP contribution in [0, 0.1) is 0 Å². The quantitative estimate of drug-likeness (QED) is 0.0159. The third-order valence-electron chi connectivity index (χ3n) is 10.1. The highest BCUT2D eigenvalue weighted by Gasteiger charge is 2.51. The Labute approximate surface area is 331 Å². The number of ether oxygens (including phenoxy) is 2. The predicted molar refractivity (Wildman–Crippen MR) is 212 cm³/mol. The SMILES string of the molecule is CCCC/C=C/CCCCCCCCCCCC(=O)OC[C@H](COP(=O)(O)OC1C(O)C(O)C(O)[C@@H](O)C1O)OC(=O)CCCCCCCCCCCCC. The molecule has 0 bridgehead atoms. The number of hydrogen-bond donors (Lipinski definition) is 6. The second-order valence-corrected chi connectivity index (χ2v) is 16.6. The van der Waals surface area contributed by atoms with E-state index in [1.54, 1.807) is 0 Å². The number of allylic oxidation sites excluding steroid dienone is 2. The van der Waals surface area contributed by atoms with E-state index in [0.717, 1.165) is 51.4 Å². The molecule has 6 unspecified atom stereocenters. The Morgan fingerprint density at radius 1 is 0.545 bits per heavy atom. The predicted octanol–water partition coefficient (Wildman–Crippen LogP) is 7.50. The Bertz CT molecular complexity index is 1030. The van der Waals surface area contributed by atoms with Crippen LogP contribution in [0.25, 0.3) is 0 Å². The van der Waals surface area contributed by atoms with Crippen LogP contribution in [0.4, 0.5) is 0 Å². The number of rotatable bonds is 35. The molecule has 324 valence electrons. The summed E-state index contributed by atoms with van der Waals surface area (Å²) in [6.07, 6.45) is 18.5. The lowest BCUT2D eigenvalue weighted by Crippen LogP contribution is -2.64. The van der Waals surface area contributed by atoms with Gasteiger partial charge in [0.15, 0.2) is 6.10 Å². The highest BCUT2D eigenvalue weighted by molar-refractivity contribution is 7.47. The number of phosphoric ester groups is 1. The maximum atomic E-state index is 12.8. The molecule has 55 heavy (non-hydrogen) atoms. The van der Waals surface area contributed by atoms with Crippen LogP contribution in [0.3, 0.4) is 0 Å². The van der Waals surface area contributed by atoms with Gasteiger partial charge in [-0.25, -0.2) is 4.57 Å². The summed E-state index contributed by atoms with van der Waals surface area (Å²) < 4.78 is 33.4. The van der Waals surface area contributed by atoms with Crippen LogP contribution < -0.4 is 0 Å². The van der Waals surface area contributed by atoms with Gasteiger partial charge < -0.3 is 39.9 Å². The molecule has 1 rings (SSSR count). The largest absolute Gasteiger partial charge is 0.472 e. The Morgan fingerprint density at radius 2 is 0.945 bits per heavy atom. The van der Waals surface area contributed by atoms with Crippen LogP contribution in [-0.4, -0.2) is 98.3 Å². The number of phosphoric acid groups is 1. The lowest BCUT2D eigenvalue weighted by atomic mass is 9.85. The van der Waals surface area contributed by atoms with Crippen molar-refractivity contribution in [2.45, 2.75) is 224 Å². The number of aliphatic hydroxyl groups excluding tert-OH is 5. The van der Waals surface area contributed by atoms with Crippen LogP contribution in [0.5, 0.6) is 0 Å². The van der Waals surface area contributed by atoms with Crippen molar-refractivity contribution in [3.05, 3.63) is 12.2 Å². The van der Waals surface area contributed by atoms with Crippen molar-refractivity contribution in [2.75, 3.05) is 13.2 Å². The summed E-state index contributed by atoms with van der Waals surface area (Å²) in [5.41, 5.74) is 0. The molecule has 0 aromatic rings. The number of aliphatic hydroxyl groups is 5. The van der Waals surface area contributed by atoms with Crippen molar-refractivity contribution < 1.29 is 63.1 Å².